The van der Waals surface area contributed by atoms with Crippen molar-refractivity contribution in [2.45, 2.75) is 32.4 Å². The Labute approximate surface area is 169 Å². The minimum atomic E-state index is -0.219. The summed E-state index contributed by atoms with van der Waals surface area (Å²) in [6, 6.07) is 15.3. The topological polar surface area (TPSA) is 80.5 Å². The number of aryl methyl sites for hydroxylation is 1. The lowest BCUT2D eigenvalue weighted by molar-refractivity contribution is 0.180. The van der Waals surface area contributed by atoms with Crippen LogP contribution >= 0.6 is 0 Å². The van der Waals surface area contributed by atoms with E-state index in [0.717, 1.165) is 24.0 Å². The number of aromatic nitrogens is 2. The highest BCUT2D eigenvalue weighted by Gasteiger charge is 2.34. The number of para-hydroxylation sites is 1. The van der Waals surface area contributed by atoms with Gasteiger partial charge in [0.25, 0.3) is 0 Å². The first-order valence-corrected chi connectivity index (χ1v) is 9.72. The van der Waals surface area contributed by atoms with Gasteiger partial charge in [0.05, 0.1) is 12.7 Å². The first-order chi connectivity index (χ1) is 14.2. The number of amides is 2. The Morgan fingerprint density at radius 2 is 2.03 bits per heavy atom. The normalized spacial score (nSPS) is 16.1. The van der Waals surface area contributed by atoms with Gasteiger partial charge in [-0.1, -0.05) is 47.1 Å². The van der Waals surface area contributed by atoms with E-state index in [-0.39, 0.29) is 12.1 Å². The van der Waals surface area contributed by atoms with Gasteiger partial charge in [-0.05, 0) is 37.5 Å². The Balaban J connectivity index is 1.46. The van der Waals surface area contributed by atoms with Gasteiger partial charge in [-0.25, -0.2) is 4.79 Å². The third-order valence-electron chi connectivity index (χ3n) is 5.15. The smallest absolute Gasteiger partial charge is 0.318 e. The number of hydrogen-bond donors (Lipinski definition) is 1. The number of nitrogens with zero attached hydrogens (tertiary/aromatic N) is 3. The van der Waals surface area contributed by atoms with Crippen molar-refractivity contribution in [3.05, 3.63) is 65.5 Å². The van der Waals surface area contributed by atoms with E-state index < -0.39 is 0 Å². The Kier molecular flexibility index (Phi) is 5.46. The van der Waals surface area contributed by atoms with Crippen LogP contribution in [0.2, 0.25) is 0 Å². The van der Waals surface area contributed by atoms with Crippen molar-refractivity contribution in [3.8, 4) is 17.1 Å². The first kappa shape index (κ1) is 19.0. The summed E-state index contributed by atoms with van der Waals surface area (Å²) in [5, 5.41) is 7.10. The highest BCUT2D eigenvalue weighted by atomic mass is 16.5. The van der Waals surface area contributed by atoms with Crippen molar-refractivity contribution in [3.63, 3.8) is 0 Å². The summed E-state index contributed by atoms with van der Waals surface area (Å²) >= 11 is 0. The Bertz CT molecular complexity index is 984. The highest BCUT2D eigenvalue weighted by molar-refractivity contribution is 5.75. The molecule has 2 aromatic carbocycles. The van der Waals surface area contributed by atoms with E-state index in [1.54, 1.807) is 12.0 Å². The molecule has 7 nitrogen and oxygen atoms in total. The predicted molar refractivity (Wildman–Crippen MR) is 108 cm³/mol. The monoisotopic (exact) mass is 392 g/mol. The molecule has 0 spiro atoms. The number of benzene rings is 2. The average molecular weight is 392 g/mol. The van der Waals surface area contributed by atoms with Gasteiger partial charge in [-0.3, -0.25) is 0 Å². The zero-order valence-corrected chi connectivity index (χ0v) is 16.6. The molecule has 29 heavy (non-hydrogen) atoms. The molecule has 0 unspecified atom stereocenters. The number of nitrogens with one attached hydrogen (secondary N) is 1. The van der Waals surface area contributed by atoms with Gasteiger partial charge in [0, 0.05) is 13.1 Å². The molecule has 1 saturated heterocycles. The predicted octanol–water partition coefficient (Wildman–Crippen LogP) is 4.10. The molecule has 0 radical (unpaired) electrons. The third-order valence-corrected chi connectivity index (χ3v) is 5.15. The highest BCUT2D eigenvalue weighted by Crippen LogP contribution is 2.33. The second-order valence-electron chi connectivity index (χ2n) is 7.15. The van der Waals surface area contributed by atoms with Crippen LogP contribution in [-0.4, -0.2) is 34.7 Å². The molecule has 1 atom stereocenters. The van der Waals surface area contributed by atoms with E-state index in [1.807, 2.05) is 55.5 Å². The van der Waals surface area contributed by atoms with E-state index in [2.05, 4.69) is 15.5 Å². The zero-order chi connectivity index (χ0) is 20.2. The second-order valence-corrected chi connectivity index (χ2v) is 7.15. The van der Waals surface area contributed by atoms with Crippen molar-refractivity contribution >= 4 is 6.03 Å². The molecule has 2 amide bonds. The van der Waals surface area contributed by atoms with Crippen LogP contribution in [0.25, 0.3) is 11.4 Å². The van der Waals surface area contributed by atoms with Crippen LogP contribution < -0.4 is 10.1 Å². The fourth-order valence-corrected chi connectivity index (χ4v) is 3.56. The van der Waals surface area contributed by atoms with Crippen LogP contribution in [-0.2, 0) is 6.54 Å². The molecule has 7 heteroatoms. The van der Waals surface area contributed by atoms with Crippen LogP contribution in [0.3, 0.4) is 0 Å². The molecule has 2 heterocycles. The van der Waals surface area contributed by atoms with Crippen molar-refractivity contribution in [2.75, 3.05) is 13.7 Å². The fraction of sp³-hybridized carbons (Fsp3) is 0.318. The lowest BCUT2D eigenvalue weighted by Crippen LogP contribution is -2.39. The summed E-state index contributed by atoms with van der Waals surface area (Å²) < 4.78 is 10.9. The molecule has 3 aromatic rings. The molecular formula is C22H24N4O3. The van der Waals surface area contributed by atoms with Gasteiger partial charge >= 0.3 is 6.03 Å². The number of urea groups is 1. The quantitative estimate of drug-likeness (QED) is 0.707. The Hall–Kier alpha value is -3.35. The van der Waals surface area contributed by atoms with Crippen molar-refractivity contribution < 1.29 is 14.1 Å². The minimum absolute atomic E-state index is 0.120. The lowest BCUT2D eigenvalue weighted by atomic mass is 10.1. The standard InChI is InChI=1S/C22H24N4O3/c1-15-9-11-16(12-10-15)14-23-22(27)26-13-5-7-18(26)21-24-20(25-29-21)17-6-3-4-8-19(17)28-2/h3-4,6,8-12,18H,5,7,13-14H2,1-2H3,(H,23,27)/t18-/m0/s1. The molecule has 150 valence electrons. The van der Waals surface area contributed by atoms with Gasteiger partial charge in [0.2, 0.25) is 11.7 Å². The minimum Gasteiger partial charge on any atom is -0.496 e. The molecule has 0 aliphatic carbocycles. The first-order valence-electron chi connectivity index (χ1n) is 9.72. The summed E-state index contributed by atoms with van der Waals surface area (Å²) in [5.74, 6) is 1.59. The third kappa shape index (κ3) is 4.08. The van der Waals surface area contributed by atoms with E-state index in [9.17, 15) is 4.79 Å². The molecule has 1 aliphatic heterocycles. The summed E-state index contributed by atoms with van der Waals surface area (Å²) in [6.45, 7) is 3.19. The van der Waals surface area contributed by atoms with Gasteiger partial charge in [-0.15, -0.1) is 0 Å². The fourth-order valence-electron chi connectivity index (χ4n) is 3.56. The Morgan fingerprint density at radius 3 is 2.83 bits per heavy atom. The van der Waals surface area contributed by atoms with Gasteiger partial charge in [0.1, 0.15) is 11.8 Å². The summed E-state index contributed by atoms with van der Waals surface area (Å²) in [6.07, 6.45) is 1.69. The van der Waals surface area contributed by atoms with Crippen LogP contribution in [0.1, 0.15) is 35.9 Å². The molecule has 1 aromatic heterocycles. The number of carbonyl (C=O) groups excluding carboxylic acids is 1. The molecule has 1 N–H and O–H groups in total. The van der Waals surface area contributed by atoms with Gasteiger partial charge in [0.15, 0.2) is 0 Å². The van der Waals surface area contributed by atoms with Crippen molar-refractivity contribution in [2.24, 2.45) is 0 Å². The molecule has 1 fully saturated rings. The lowest BCUT2D eigenvalue weighted by Gasteiger charge is -2.22. The SMILES string of the molecule is COc1ccccc1-c1noc([C@@H]2CCCN2C(=O)NCc2ccc(C)cc2)n1. The van der Waals surface area contributed by atoms with Crippen LogP contribution in [0.5, 0.6) is 5.75 Å². The zero-order valence-electron chi connectivity index (χ0n) is 16.6. The van der Waals surface area contributed by atoms with Crippen molar-refractivity contribution in [1.82, 2.24) is 20.4 Å². The van der Waals surface area contributed by atoms with Crippen molar-refractivity contribution in [1.29, 1.82) is 0 Å². The average Bonchev–Trinajstić information content (AvgIpc) is 3.42. The number of methoxy groups -OCH3 is 1. The number of carbonyl (C=O) groups is 1. The summed E-state index contributed by atoms with van der Waals surface area (Å²) in [5.41, 5.74) is 3.02. The second kappa shape index (κ2) is 8.34. The summed E-state index contributed by atoms with van der Waals surface area (Å²) in [7, 11) is 1.61. The van der Waals surface area contributed by atoms with Gasteiger partial charge in [-0.2, -0.15) is 4.98 Å². The maximum Gasteiger partial charge on any atom is 0.318 e. The van der Waals surface area contributed by atoms with E-state index >= 15 is 0 Å². The van der Waals surface area contributed by atoms with Crippen LogP contribution in [0.4, 0.5) is 4.79 Å². The molecule has 0 saturated carbocycles. The largest absolute Gasteiger partial charge is 0.496 e. The van der Waals surface area contributed by atoms with Crippen LogP contribution in [0, 0.1) is 6.92 Å². The molecular weight excluding hydrogens is 368 g/mol. The molecule has 1 aliphatic rings. The molecule has 0 bridgehead atoms. The number of likely N-dealkylation sites (tertiary alicyclic amines) is 1. The Morgan fingerprint density at radius 1 is 1.24 bits per heavy atom. The van der Waals surface area contributed by atoms with E-state index in [0.29, 0.717) is 30.6 Å². The maximum absolute atomic E-state index is 12.8. The number of hydrogen-bond acceptors (Lipinski definition) is 5. The molecule has 4 rings (SSSR count). The van der Waals surface area contributed by atoms with E-state index in [1.165, 1.54) is 5.56 Å². The van der Waals surface area contributed by atoms with Gasteiger partial charge < -0.3 is 19.5 Å². The van der Waals surface area contributed by atoms with E-state index in [4.69, 9.17) is 9.26 Å². The number of ether oxygens (including phenoxy) is 1. The van der Waals surface area contributed by atoms with Crippen LogP contribution in [0.15, 0.2) is 53.1 Å². The number of rotatable bonds is 5. The maximum atomic E-state index is 12.8. The summed E-state index contributed by atoms with van der Waals surface area (Å²) in [4.78, 5) is 19.1.